The van der Waals surface area contributed by atoms with Gasteiger partial charge in [0, 0.05) is 6.08 Å². The Hall–Kier alpha value is -5.69. The number of azo groups is 2. The van der Waals surface area contributed by atoms with Gasteiger partial charge in [-0.15, -0.1) is 0 Å². The predicted octanol–water partition coefficient (Wildman–Crippen LogP) is 14.9. The van der Waals surface area contributed by atoms with Crippen molar-refractivity contribution >= 4 is 28.7 Å². The third-order valence-electron chi connectivity index (χ3n) is 10.8. The third kappa shape index (κ3) is 13.5. The average molecular weight is 761 g/mol. The minimum Gasteiger partial charge on any atom is -0.494 e. The molecule has 294 valence electrons. The van der Waals surface area contributed by atoms with Crippen LogP contribution in [0.3, 0.4) is 0 Å². The summed E-state index contributed by atoms with van der Waals surface area (Å²) < 4.78 is 10.8. The Bertz CT molecular complexity index is 2010. The summed E-state index contributed by atoms with van der Waals surface area (Å²) in [6, 6.07) is 41.7. The molecule has 0 radical (unpaired) electrons. The van der Waals surface area contributed by atoms with Crippen LogP contribution in [0.4, 0.5) is 22.7 Å². The number of hydrogen-bond donors (Lipinski definition) is 0. The summed E-state index contributed by atoms with van der Waals surface area (Å²) in [5.74, 6) is 2.06. The van der Waals surface area contributed by atoms with E-state index < -0.39 is 0 Å². The normalized spacial score (nSPS) is 15.5. The highest BCUT2D eigenvalue weighted by Crippen LogP contribution is 2.38. The molecule has 1 fully saturated rings. The van der Waals surface area contributed by atoms with Crippen molar-refractivity contribution in [2.24, 2.45) is 26.4 Å². The molecule has 0 aliphatic heterocycles. The fourth-order valence-corrected chi connectivity index (χ4v) is 7.34. The van der Waals surface area contributed by atoms with Crippen LogP contribution in [0.2, 0.25) is 0 Å². The summed E-state index contributed by atoms with van der Waals surface area (Å²) in [7, 11) is 0. The molecule has 0 spiro atoms. The number of ether oxygens (including phenoxy) is 2. The van der Waals surface area contributed by atoms with E-state index in [9.17, 15) is 4.79 Å². The number of benzene rings is 5. The van der Waals surface area contributed by atoms with Crippen molar-refractivity contribution in [3.05, 3.63) is 151 Å². The number of carbonyl (C=O) groups is 1. The summed E-state index contributed by atoms with van der Waals surface area (Å²) in [4.78, 5) is 11.1. The molecule has 0 bridgehead atoms. The third-order valence-corrected chi connectivity index (χ3v) is 10.8. The lowest BCUT2D eigenvalue weighted by atomic mass is 9.77. The van der Waals surface area contributed by atoms with E-state index in [-0.39, 0.29) is 5.97 Å². The number of nitrogens with zero attached hydrogens (tertiary/aromatic N) is 4. The molecule has 6 rings (SSSR count). The van der Waals surface area contributed by atoms with Gasteiger partial charge in [-0.2, -0.15) is 20.5 Å². The Labute approximate surface area is 339 Å². The number of carbonyl (C=O) groups excluding carboxylic acids is 1. The molecule has 57 heavy (non-hydrogen) atoms. The van der Waals surface area contributed by atoms with E-state index in [4.69, 9.17) is 9.47 Å². The van der Waals surface area contributed by atoms with Crippen LogP contribution in [0.5, 0.6) is 5.75 Å². The van der Waals surface area contributed by atoms with Crippen LogP contribution < -0.4 is 4.74 Å². The van der Waals surface area contributed by atoms with Gasteiger partial charge < -0.3 is 9.47 Å². The first kappa shape index (κ1) is 41.0. The van der Waals surface area contributed by atoms with Gasteiger partial charge in [-0.1, -0.05) is 106 Å². The molecule has 1 saturated carbocycles. The van der Waals surface area contributed by atoms with Crippen LogP contribution >= 0.6 is 0 Å². The van der Waals surface area contributed by atoms with Crippen LogP contribution in [-0.2, 0) is 16.0 Å². The second-order valence-electron chi connectivity index (χ2n) is 15.1. The van der Waals surface area contributed by atoms with E-state index in [1.165, 1.54) is 78.8 Å². The first-order valence-electron chi connectivity index (χ1n) is 20.8. The minimum absolute atomic E-state index is 0.320. The zero-order valence-corrected chi connectivity index (χ0v) is 33.4. The number of hydrogen-bond acceptors (Lipinski definition) is 7. The fraction of sp³-hybridized carbons (Fsp3) is 0.340. The van der Waals surface area contributed by atoms with Crippen molar-refractivity contribution < 1.29 is 14.3 Å². The largest absolute Gasteiger partial charge is 0.494 e. The Morgan fingerprint density at radius 3 is 1.63 bits per heavy atom. The van der Waals surface area contributed by atoms with Gasteiger partial charge in [0.25, 0.3) is 0 Å². The fourth-order valence-electron chi connectivity index (χ4n) is 7.34. The summed E-state index contributed by atoms with van der Waals surface area (Å²) in [5.41, 5.74) is 9.60. The zero-order chi connectivity index (χ0) is 39.5. The van der Waals surface area contributed by atoms with Crippen molar-refractivity contribution in [1.82, 2.24) is 0 Å². The molecule has 0 amide bonds. The average Bonchev–Trinajstić information content (AvgIpc) is 3.26. The molecule has 0 unspecified atom stereocenters. The van der Waals surface area contributed by atoms with Crippen LogP contribution in [0.25, 0.3) is 11.1 Å². The van der Waals surface area contributed by atoms with E-state index >= 15 is 0 Å². The topological polar surface area (TPSA) is 85.0 Å². The van der Waals surface area contributed by atoms with Crippen molar-refractivity contribution in [3.63, 3.8) is 0 Å². The van der Waals surface area contributed by atoms with Crippen molar-refractivity contribution in [1.29, 1.82) is 0 Å². The van der Waals surface area contributed by atoms with Gasteiger partial charge in [0.1, 0.15) is 5.75 Å². The van der Waals surface area contributed by atoms with Gasteiger partial charge >= 0.3 is 5.97 Å². The number of rotatable bonds is 20. The van der Waals surface area contributed by atoms with E-state index in [1.807, 2.05) is 60.7 Å². The standard InChI is InChI=1S/C50H56N4O3/c1-3-5-35-56-49-33-31-48(32-34-49)54-53-47-29-27-46(28-30-47)52-51-45-25-15-40(16-26-45)37-39-13-19-42(20-14-39)44-23-21-43(22-24-44)41-17-11-38(12-18-41)10-8-6-7-9-36-57-50(55)4-2/h4,13-16,19-34,38,41H,2-3,5-12,17-18,35-37H2,1H3. The highest BCUT2D eigenvalue weighted by Gasteiger charge is 2.22. The van der Waals surface area contributed by atoms with Gasteiger partial charge in [0.2, 0.25) is 0 Å². The molecule has 5 aromatic rings. The van der Waals surface area contributed by atoms with Crippen LogP contribution in [0.15, 0.2) is 154 Å². The first-order valence-corrected chi connectivity index (χ1v) is 20.8. The quantitative estimate of drug-likeness (QED) is 0.0343. The molecular formula is C50H56N4O3. The Balaban J connectivity index is 0.901. The minimum atomic E-state index is -0.320. The molecule has 0 atom stereocenters. The SMILES string of the molecule is C=CC(=O)OCCCCCCC1CCC(c2ccc(-c3ccc(Cc4ccc(N=Nc5ccc(N=Nc6ccc(OCCCC)cc6)cc5)cc4)cc3)cc2)CC1. The van der Waals surface area contributed by atoms with E-state index in [0.717, 1.165) is 73.1 Å². The molecule has 7 heteroatoms. The molecular weight excluding hydrogens is 705 g/mol. The van der Waals surface area contributed by atoms with Gasteiger partial charge in [-0.05, 0) is 145 Å². The molecule has 1 aliphatic rings. The predicted molar refractivity (Wildman–Crippen MR) is 232 cm³/mol. The lowest BCUT2D eigenvalue weighted by molar-refractivity contribution is -0.137. The second-order valence-corrected chi connectivity index (χ2v) is 15.1. The number of unbranched alkanes of at least 4 members (excludes halogenated alkanes) is 4. The first-order chi connectivity index (χ1) is 28.0. The summed E-state index contributed by atoms with van der Waals surface area (Å²) in [6.45, 7) is 6.82. The lowest BCUT2D eigenvalue weighted by Crippen LogP contribution is -2.13. The monoisotopic (exact) mass is 760 g/mol. The summed E-state index contributed by atoms with van der Waals surface area (Å²) >= 11 is 0. The molecule has 5 aromatic carbocycles. The van der Waals surface area contributed by atoms with Crippen molar-refractivity contribution in [2.75, 3.05) is 13.2 Å². The Morgan fingerprint density at radius 1 is 0.596 bits per heavy atom. The maximum absolute atomic E-state index is 11.1. The maximum atomic E-state index is 11.1. The van der Waals surface area contributed by atoms with Crippen molar-refractivity contribution in [3.8, 4) is 16.9 Å². The van der Waals surface area contributed by atoms with Gasteiger partial charge in [0.05, 0.1) is 36.0 Å². The molecule has 1 aliphatic carbocycles. The van der Waals surface area contributed by atoms with E-state index in [2.05, 4.69) is 94.6 Å². The summed E-state index contributed by atoms with van der Waals surface area (Å²) in [5, 5.41) is 17.5. The maximum Gasteiger partial charge on any atom is 0.330 e. The second kappa shape index (κ2) is 22.2. The van der Waals surface area contributed by atoms with E-state index in [0.29, 0.717) is 12.5 Å². The highest BCUT2D eigenvalue weighted by atomic mass is 16.5. The van der Waals surface area contributed by atoms with Crippen LogP contribution in [-0.4, -0.2) is 19.2 Å². The van der Waals surface area contributed by atoms with Crippen LogP contribution in [0, 0.1) is 5.92 Å². The molecule has 0 aromatic heterocycles. The Kier molecular flexibility index (Phi) is 15.9. The van der Waals surface area contributed by atoms with Gasteiger partial charge in [-0.25, -0.2) is 4.79 Å². The van der Waals surface area contributed by atoms with Crippen LogP contribution in [0.1, 0.15) is 100 Å². The molecule has 7 nitrogen and oxygen atoms in total. The zero-order valence-electron chi connectivity index (χ0n) is 33.4. The highest BCUT2D eigenvalue weighted by molar-refractivity contribution is 5.81. The molecule has 0 heterocycles. The van der Waals surface area contributed by atoms with Crippen molar-refractivity contribution in [2.45, 2.75) is 89.9 Å². The summed E-state index contributed by atoms with van der Waals surface area (Å²) in [6.07, 6.45) is 15.4. The lowest BCUT2D eigenvalue weighted by Gasteiger charge is -2.29. The number of esters is 1. The Morgan fingerprint density at radius 2 is 1.09 bits per heavy atom. The van der Waals surface area contributed by atoms with Gasteiger partial charge in [0.15, 0.2) is 0 Å². The van der Waals surface area contributed by atoms with E-state index in [1.54, 1.807) is 0 Å². The van der Waals surface area contributed by atoms with Gasteiger partial charge in [-0.3, -0.25) is 0 Å². The molecule has 0 saturated heterocycles. The smallest absolute Gasteiger partial charge is 0.330 e. The molecule has 0 N–H and O–H groups in total.